The first kappa shape index (κ1) is 18.3. The van der Waals surface area contributed by atoms with Crippen LogP contribution in [0.15, 0.2) is 36.4 Å². The van der Waals surface area contributed by atoms with Crippen molar-refractivity contribution in [3.63, 3.8) is 0 Å². The Balaban J connectivity index is 2.19. The molecule has 26 heavy (non-hydrogen) atoms. The van der Waals surface area contributed by atoms with E-state index in [9.17, 15) is 18.0 Å². The number of nitrogens with zero attached hydrogens (tertiary/aromatic N) is 1. The molecule has 0 saturated carbocycles. The van der Waals surface area contributed by atoms with Crippen LogP contribution in [0.3, 0.4) is 0 Å². The molecule has 0 radical (unpaired) electrons. The Kier molecular flexibility index (Phi) is 4.25. The number of fused-ring (bicyclic) bond motifs is 1. The number of rotatable bonds is 2. The summed E-state index contributed by atoms with van der Waals surface area (Å²) in [6, 6.07) is 9.78. The third-order valence-electron chi connectivity index (χ3n) is 4.80. The van der Waals surface area contributed by atoms with Crippen molar-refractivity contribution in [3.8, 4) is 16.9 Å². The summed E-state index contributed by atoms with van der Waals surface area (Å²) < 4.78 is 42.4. The SMILES string of the molecule is Cc1cc2c(cc1-c1ccccc1OC(F)(F)F)N(C)C(=O)CC2(C)C. The van der Waals surface area contributed by atoms with E-state index in [2.05, 4.69) is 4.74 Å². The highest BCUT2D eigenvalue weighted by atomic mass is 19.4. The average Bonchev–Trinajstić information content (AvgIpc) is 2.51. The number of alkyl halides is 3. The number of anilines is 1. The first-order valence-corrected chi connectivity index (χ1v) is 8.26. The molecule has 1 heterocycles. The quantitative estimate of drug-likeness (QED) is 0.733. The molecule has 6 heteroatoms. The third kappa shape index (κ3) is 3.28. The van der Waals surface area contributed by atoms with Gasteiger partial charge in [0, 0.05) is 30.1 Å². The molecule has 0 N–H and O–H groups in total. The zero-order valence-electron chi connectivity index (χ0n) is 15.1. The van der Waals surface area contributed by atoms with Crippen LogP contribution in [0.5, 0.6) is 5.75 Å². The molecule has 2 aromatic carbocycles. The minimum Gasteiger partial charge on any atom is -0.405 e. The molecular weight excluding hydrogens is 343 g/mol. The molecule has 3 nitrogen and oxygen atoms in total. The largest absolute Gasteiger partial charge is 0.573 e. The fourth-order valence-electron chi connectivity index (χ4n) is 3.44. The van der Waals surface area contributed by atoms with E-state index in [-0.39, 0.29) is 17.1 Å². The van der Waals surface area contributed by atoms with E-state index in [1.54, 1.807) is 30.1 Å². The van der Waals surface area contributed by atoms with Gasteiger partial charge in [0.05, 0.1) is 0 Å². The third-order valence-corrected chi connectivity index (χ3v) is 4.80. The number of aryl methyl sites for hydroxylation is 1. The predicted octanol–water partition coefficient (Wildman–Crippen LogP) is 5.20. The number of amides is 1. The van der Waals surface area contributed by atoms with Crippen LogP contribution >= 0.6 is 0 Å². The Bertz CT molecular complexity index is 872. The van der Waals surface area contributed by atoms with Gasteiger partial charge in [0.15, 0.2) is 0 Å². The lowest BCUT2D eigenvalue weighted by Crippen LogP contribution is -2.39. The van der Waals surface area contributed by atoms with Crippen molar-refractivity contribution < 1.29 is 22.7 Å². The molecule has 1 aliphatic heterocycles. The summed E-state index contributed by atoms with van der Waals surface area (Å²) >= 11 is 0. The molecule has 2 aromatic rings. The Labute approximate surface area is 150 Å². The Morgan fingerprint density at radius 1 is 1.12 bits per heavy atom. The van der Waals surface area contributed by atoms with Gasteiger partial charge in [-0.05, 0) is 35.7 Å². The topological polar surface area (TPSA) is 29.5 Å². The van der Waals surface area contributed by atoms with Gasteiger partial charge in [0.25, 0.3) is 0 Å². The van der Waals surface area contributed by atoms with Gasteiger partial charge < -0.3 is 9.64 Å². The van der Waals surface area contributed by atoms with Crippen molar-refractivity contribution in [2.75, 3.05) is 11.9 Å². The maximum absolute atomic E-state index is 12.8. The normalized spacial score (nSPS) is 16.4. The van der Waals surface area contributed by atoms with Gasteiger partial charge in [-0.2, -0.15) is 0 Å². The molecule has 0 atom stereocenters. The number of hydrogen-bond donors (Lipinski definition) is 0. The smallest absolute Gasteiger partial charge is 0.405 e. The van der Waals surface area contributed by atoms with E-state index in [1.165, 1.54) is 12.1 Å². The van der Waals surface area contributed by atoms with Crippen molar-refractivity contribution in [1.82, 2.24) is 0 Å². The number of carbonyl (C=O) groups is 1. The number of para-hydroxylation sites is 1. The molecule has 0 aromatic heterocycles. The van der Waals surface area contributed by atoms with Crippen LogP contribution in [-0.2, 0) is 10.2 Å². The first-order valence-electron chi connectivity index (χ1n) is 8.26. The minimum absolute atomic E-state index is 0.0165. The summed E-state index contributed by atoms with van der Waals surface area (Å²) in [6.45, 7) is 5.85. The summed E-state index contributed by atoms with van der Waals surface area (Å²) in [5, 5.41) is 0. The number of ether oxygens (including phenoxy) is 1. The molecule has 1 aliphatic rings. The van der Waals surface area contributed by atoms with Gasteiger partial charge in [-0.15, -0.1) is 13.2 Å². The molecule has 0 bridgehead atoms. The van der Waals surface area contributed by atoms with Crippen LogP contribution in [-0.4, -0.2) is 19.3 Å². The van der Waals surface area contributed by atoms with Crippen LogP contribution in [0.1, 0.15) is 31.4 Å². The predicted molar refractivity (Wildman–Crippen MR) is 94.4 cm³/mol. The lowest BCUT2D eigenvalue weighted by Gasteiger charge is -2.37. The Hall–Kier alpha value is -2.50. The monoisotopic (exact) mass is 363 g/mol. The van der Waals surface area contributed by atoms with Crippen molar-refractivity contribution in [3.05, 3.63) is 47.5 Å². The van der Waals surface area contributed by atoms with Gasteiger partial charge in [-0.3, -0.25) is 4.79 Å². The highest BCUT2D eigenvalue weighted by molar-refractivity contribution is 5.98. The van der Waals surface area contributed by atoms with Crippen molar-refractivity contribution >= 4 is 11.6 Å². The number of carbonyl (C=O) groups excluding carboxylic acids is 1. The molecule has 0 fully saturated rings. The molecule has 0 spiro atoms. The van der Waals surface area contributed by atoms with E-state index < -0.39 is 6.36 Å². The minimum atomic E-state index is -4.77. The van der Waals surface area contributed by atoms with E-state index in [0.29, 0.717) is 23.2 Å². The van der Waals surface area contributed by atoms with E-state index in [0.717, 1.165) is 11.1 Å². The lowest BCUT2D eigenvalue weighted by atomic mass is 9.76. The summed E-state index contributed by atoms with van der Waals surface area (Å²) in [6.07, 6.45) is -4.38. The van der Waals surface area contributed by atoms with Crippen LogP contribution in [0, 0.1) is 6.92 Å². The lowest BCUT2D eigenvalue weighted by molar-refractivity contribution is -0.274. The molecule has 138 valence electrons. The molecule has 0 saturated heterocycles. The van der Waals surface area contributed by atoms with Crippen LogP contribution < -0.4 is 9.64 Å². The Morgan fingerprint density at radius 3 is 2.42 bits per heavy atom. The molecule has 3 rings (SSSR count). The van der Waals surface area contributed by atoms with Gasteiger partial charge in [-0.1, -0.05) is 38.1 Å². The summed E-state index contributed by atoms with van der Waals surface area (Å²) in [5.41, 5.74) is 3.18. The van der Waals surface area contributed by atoms with Gasteiger partial charge in [-0.25, -0.2) is 0 Å². The summed E-state index contributed by atoms with van der Waals surface area (Å²) in [5.74, 6) is -0.274. The second-order valence-corrected chi connectivity index (χ2v) is 7.24. The summed E-state index contributed by atoms with van der Waals surface area (Å²) in [4.78, 5) is 13.9. The van der Waals surface area contributed by atoms with Gasteiger partial charge >= 0.3 is 6.36 Å². The second-order valence-electron chi connectivity index (χ2n) is 7.24. The van der Waals surface area contributed by atoms with Crippen molar-refractivity contribution in [1.29, 1.82) is 0 Å². The number of halogens is 3. The molecule has 0 aliphatic carbocycles. The fraction of sp³-hybridized carbons (Fsp3) is 0.350. The zero-order valence-corrected chi connectivity index (χ0v) is 15.1. The van der Waals surface area contributed by atoms with Crippen molar-refractivity contribution in [2.45, 2.75) is 39.0 Å². The molecule has 1 amide bonds. The van der Waals surface area contributed by atoms with Crippen LogP contribution in [0.2, 0.25) is 0 Å². The first-order chi connectivity index (χ1) is 12.0. The maximum atomic E-state index is 12.8. The zero-order chi connectivity index (χ0) is 19.3. The van der Waals surface area contributed by atoms with Crippen molar-refractivity contribution in [2.24, 2.45) is 0 Å². The average molecular weight is 363 g/mol. The van der Waals surface area contributed by atoms with E-state index in [4.69, 9.17) is 0 Å². The number of benzene rings is 2. The van der Waals surface area contributed by atoms with Crippen LogP contribution in [0.4, 0.5) is 18.9 Å². The van der Waals surface area contributed by atoms with E-state index >= 15 is 0 Å². The van der Waals surface area contributed by atoms with E-state index in [1.807, 2.05) is 26.8 Å². The highest BCUT2D eigenvalue weighted by Gasteiger charge is 2.36. The fourth-order valence-corrected chi connectivity index (χ4v) is 3.44. The summed E-state index contributed by atoms with van der Waals surface area (Å²) in [7, 11) is 1.69. The van der Waals surface area contributed by atoms with Gasteiger partial charge in [0.2, 0.25) is 5.91 Å². The van der Waals surface area contributed by atoms with Crippen LogP contribution in [0.25, 0.3) is 11.1 Å². The highest BCUT2D eigenvalue weighted by Crippen LogP contribution is 2.44. The maximum Gasteiger partial charge on any atom is 0.573 e. The number of hydrogen-bond acceptors (Lipinski definition) is 2. The second kappa shape index (κ2) is 6.04. The van der Waals surface area contributed by atoms with Gasteiger partial charge in [0.1, 0.15) is 5.75 Å². The Morgan fingerprint density at radius 2 is 1.77 bits per heavy atom. The standard InChI is InChI=1S/C20H20F3NO2/c1-12-9-15-16(24(4)18(25)11-19(15,2)3)10-14(12)13-7-5-6-8-17(13)26-20(21,22)23/h5-10H,11H2,1-4H3. The molecule has 0 unspecified atom stereocenters. The molecular formula is C20H20F3NO2.